The van der Waals surface area contributed by atoms with Crippen molar-refractivity contribution in [1.82, 2.24) is 0 Å². The van der Waals surface area contributed by atoms with Gasteiger partial charge in [-0.2, -0.15) is 0 Å². The van der Waals surface area contributed by atoms with Crippen molar-refractivity contribution in [3.05, 3.63) is 0 Å². The molecule has 0 bridgehead atoms. The van der Waals surface area contributed by atoms with Gasteiger partial charge in [-0.15, -0.1) is 0 Å². The zero-order valence-electron chi connectivity index (χ0n) is 16.2. The maximum atomic E-state index is 2.32. The highest BCUT2D eigenvalue weighted by Crippen LogP contribution is 2.20. The first-order valence-electron chi connectivity index (χ1n) is 10.7. The first-order chi connectivity index (χ1) is 10.8. The van der Waals surface area contributed by atoms with Crippen LogP contribution < -0.4 is 0 Å². The molecule has 0 aromatic rings. The van der Waals surface area contributed by atoms with Crippen molar-refractivity contribution < 1.29 is 0 Å². The van der Waals surface area contributed by atoms with Gasteiger partial charge >= 0.3 is 0 Å². The first kappa shape index (κ1) is 22.2. The molecule has 0 nitrogen and oxygen atoms in total. The van der Waals surface area contributed by atoms with Gasteiger partial charge in [-0.05, 0) is 0 Å². The molecule has 0 spiro atoms. The van der Waals surface area contributed by atoms with Crippen molar-refractivity contribution in [1.29, 1.82) is 0 Å². The fourth-order valence-electron chi connectivity index (χ4n) is 3.31. The van der Waals surface area contributed by atoms with Crippen LogP contribution in [0.2, 0.25) is 18.1 Å². The second-order valence-electron chi connectivity index (χ2n) is 7.24. The molecule has 0 heterocycles. The SMILES string of the molecule is CCCCCCC[Si](CCCCCCC)CCCCCCC. The van der Waals surface area contributed by atoms with Crippen LogP contribution in [0.15, 0.2) is 0 Å². The zero-order valence-corrected chi connectivity index (χ0v) is 17.2. The van der Waals surface area contributed by atoms with Gasteiger partial charge in [-0.25, -0.2) is 0 Å². The highest BCUT2D eigenvalue weighted by molar-refractivity contribution is 6.58. The van der Waals surface area contributed by atoms with Crippen molar-refractivity contribution in [3.8, 4) is 0 Å². The van der Waals surface area contributed by atoms with E-state index in [0.717, 1.165) is 0 Å². The van der Waals surface area contributed by atoms with E-state index in [1.807, 2.05) is 0 Å². The van der Waals surface area contributed by atoms with Crippen LogP contribution in [-0.2, 0) is 0 Å². The number of unbranched alkanes of at least 4 members (excludes halogenated alkanes) is 12. The third-order valence-electron chi connectivity index (χ3n) is 4.90. The van der Waals surface area contributed by atoms with E-state index in [9.17, 15) is 0 Å². The van der Waals surface area contributed by atoms with E-state index in [2.05, 4.69) is 20.8 Å². The van der Waals surface area contributed by atoms with Crippen LogP contribution in [0, 0.1) is 0 Å². The van der Waals surface area contributed by atoms with Crippen LogP contribution in [0.5, 0.6) is 0 Å². The molecule has 0 aromatic carbocycles. The van der Waals surface area contributed by atoms with Gasteiger partial charge in [0.05, 0.1) is 0 Å². The highest BCUT2D eigenvalue weighted by atomic mass is 28.3. The Morgan fingerprint density at radius 3 is 0.909 bits per heavy atom. The van der Waals surface area contributed by atoms with Gasteiger partial charge in [-0.1, -0.05) is 135 Å². The minimum absolute atomic E-state index is 0.00585. The maximum Gasteiger partial charge on any atom is 0.0479 e. The summed E-state index contributed by atoms with van der Waals surface area (Å²) in [5, 5.41) is 0. The lowest BCUT2D eigenvalue weighted by Gasteiger charge is -2.15. The summed E-state index contributed by atoms with van der Waals surface area (Å²) >= 11 is 0. The Balaban J connectivity index is 3.72. The molecule has 0 aromatic heterocycles. The van der Waals surface area contributed by atoms with E-state index >= 15 is 0 Å². The van der Waals surface area contributed by atoms with Crippen molar-refractivity contribution in [3.63, 3.8) is 0 Å². The summed E-state index contributed by atoms with van der Waals surface area (Å²) in [5.41, 5.74) is 0. The molecule has 0 atom stereocenters. The summed E-state index contributed by atoms with van der Waals surface area (Å²) in [6.45, 7) is 6.96. The summed E-state index contributed by atoms with van der Waals surface area (Å²) in [5.74, 6) is 0. The van der Waals surface area contributed by atoms with Gasteiger partial charge < -0.3 is 0 Å². The van der Waals surface area contributed by atoms with E-state index in [-0.39, 0.29) is 8.80 Å². The van der Waals surface area contributed by atoms with Crippen LogP contribution in [0.3, 0.4) is 0 Å². The molecule has 0 aliphatic rings. The lowest BCUT2D eigenvalue weighted by atomic mass is 10.2. The molecule has 0 fully saturated rings. The van der Waals surface area contributed by atoms with E-state index in [4.69, 9.17) is 0 Å². The molecule has 0 aliphatic heterocycles. The maximum absolute atomic E-state index is 2.32. The molecule has 0 aliphatic carbocycles. The lowest BCUT2D eigenvalue weighted by molar-refractivity contribution is 0.636. The molecule has 0 saturated heterocycles. The van der Waals surface area contributed by atoms with Crippen molar-refractivity contribution in [2.45, 2.75) is 135 Å². The average Bonchev–Trinajstić information content (AvgIpc) is 2.53. The summed E-state index contributed by atoms with van der Waals surface area (Å²) < 4.78 is 0. The van der Waals surface area contributed by atoms with Crippen LogP contribution in [0.1, 0.15) is 117 Å². The number of hydrogen-bond acceptors (Lipinski definition) is 0. The molecule has 133 valence electrons. The van der Waals surface area contributed by atoms with Crippen LogP contribution in [-0.4, -0.2) is 8.80 Å². The molecular weight excluding hydrogens is 280 g/mol. The fourth-order valence-corrected chi connectivity index (χ4v) is 6.31. The second-order valence-corrected chi connectivity index (χ2v) is 10.2. The monoisotopic (exact) mass is 325 g/mol. The Labute approximate surface area is 144 Å². The summed E-state index contributed by atoms with van der Waals surface area (Å²) in [4.78, 5) is 0. The van der Waals surface area contributed by atoms with Crippen LogP contribution in [0.4, 0.5) is 0 Å². The minimum atomic E-state index is -0.00585. The Bertz CT molecular complexity index is 157. The van der Waals surface area contributed by atoms with E-state index in [1.54, 1.807) is 18.1 Å². The molecule has 0 amide bonds. The Morgan fingerprint density at radius 2 is 0.636 bits per heavy atom. The molecular formula is C21H45Si. The van der Waals surface area contributed by atoms with Gasteiger partial charge in [-0.3, -0.25) is 0 Å². The lowest BCUT2D eigenvalue weighted by Crippen LogP contribution is -2.12. The predicted octanol–water partition coefficient (Wildman–Crippen LogP) is 8.39. The zero-order chi connectivity index (χ0) is 16.3. The summed E-state index contributed by atoms with van der Waals surface area (Å²) in [6.07, 6.45) is 22.1. The second kappa shape index (κ2) is 19.3. The Hall–Kier alpha value is 0.217. The third-order valence-corrected chi connectivity index (χ3v) is 8.08. The standard InChI is InChI=1S/C21H45Si/c1-4-7-10-13-16-19-22(20-17-14-11-8-5-2)21-18-15-12-9-6-3/h4-21H2,1-3H3. The molecule has 22 heavy (non-hydrogen) atoms. The van der Waals surface area contributed by atoms with Crippen molar-refractivity contribution in [2.24, 2.45) is 0 Å². The van der Waals surface area contributed by atoms with Gasteiger partial charge in [0, 0.05) is 8.80 Å². The van der Waals surface area contributed by atoms with Gasteiger partial charge in [0.2, 0.25) is 0 Å². The van der Waals surface area contributed by atoms with Crippen LogP contribution >= 0.6 is 0 Å². The van der Waals surface area contributed by atoms with Gasteiger partial charge in [0.15, 0.2) is 0 Å². The van der Waals surface area contributed by atoms with Gasteiger partial charge in [0.25, 0.3) is 0 Å². The molecule has 1 heteroatoms. The minimum Gasteiger partial charge on any atom is -0.0654 e. The number of rotatable bonds is 18. The Kier molecular flexibility index (Phi) is 19.5. The fraction of sp³-hybridized carbons (Fsp3) is 1.00. The first-order valence-corrected chi connectivity index (χ1v) is 12.8. The summed E-state index contributed by atoms with van der Waals surface area (Å²) in [7, 11) is -0.00585. The normalized spacial score (nSPS) is 11.5. The molecule has 0 N–H and O–H groups in total. The largest absolute Gasteiger partial charge is 0.0654 e. The van der Waals surface area contributed by atoms with Crippen molar-refractivity contribution >= 4 is 8.80 Å². The van der Waals surface area contributed by atoms with E-state index in [1.165, 1.54) is 96.3 Å². The molecule has 1 radical (unpaired) electrons. The molecule has 0 saturated carbocycles. The van der Waals surface area contributed by atoms with Gasteiger partial charge in [0.1, 0.15) is 0 Å². The van der Waals surface area contributed by atoms with Crippen molar-refractivity contribution in [2.75, 3.05) is 0 Å². The Morgan fingerprint density at radius 1 is 0.364 bits per heavy atom. The quantitative estimate of drug-likeness (QED) is 0.175. The highest BCUT2D eigenvalue weighted by Gasteiger charge is 2.10. The number of hydrogen-bond donors (Lipinski definition) is 0. The predicted molar refractivity (Wildman–Crippen MR) is 106 cm³/mol. The molecule has 0 unspecified atom stereocenters. The smallest absolute Gasteiger partial charge is 0.0479 e. The third kappa shape index (κ3) is 16.6. The van der Waals surface area contributed by atoms with E-state index < -0.39 is 0 Å². The summed E-state index contributed by atoms with van der Waals surface area (Å²) in [6, 6.07) is 4.86. The van der Waals surface area contributed by atoms with Crippen LogP contribution in [0.25, 0.3) is 0 Å². The molecule has 0 rings (SSSR count). The topological polar surface area (TPSA) is 0 Å². The average molecular weight is 326 g/mol. The van der Waals surface area contributed by atoms with E-state index in [0.29, 0.717) is 0 Å².